The van der Waals surface area contributed by atoms with Gasteiger partial charge in [-0.1, -0.05) is 72.8 Å². The maximum atomic E-state index is 15.0. The Morgan fingerprint density at radius 1 is 0.529 bits per heavy atom. The normalized spacial score (nSPS) is 18.3. The van der Waals surface area contributed by atoms with Gasteiger partial charge in [-0.3, -0.25) is 38.5 Å². The largest absolute Gasteiger partial charge is 0.502 e. The van der Waals surface area contributed by atoms with Crippen LogP contribution in [-0.4, -0.2) is 95.0 Å². The fourth-order valence-electron chi connectivity index (χ4n) is 8.82. The van der Waals surface area contributed by atoms with E-state index in [1.54, 1.807) is 84.9 Å². The zero-order chi connectivity index (χ0) is 47.6. The topological polar surface area (TPSA) is 168 Å². The average molecular weight is 927 g/mol. The summed E-state index contributed by atoms with van der Waals surface area (Å²) in [6, 6.07) is 24.9. The summed E-state index contributed by atoms with van der Waals surface area (Å²) in [5.41, 5.74) is 0.721. The molecule has 0 fully saturated rings. The van der Waals surface area contributed by atoms with Crippen LogP contribution in [0, 0.1) is 11.6 Å². The average Bonchev–Trinajstić information content (AvgIpc) is 3.40. The van der Waals surface area contributed by atoms with Crippen LogP contribution in [0.5, 0.6) is 34.5 Å². The molecule has 4 aromatic carbocycles. The molecule has 18 heteroatoms. The van der Waals surface area contributed by atoms with Crippen molar-refractivity contribution in [1.29, 1.82) is 0 Å². The molecule has 4 bridgehead atoms. The van der Waals surface area contributed by atoms with Gasteiger partial charge in [-0.25, -0.2) is 8.78 Å². The highest BCUT2D eigenvalue weighted by atomic mass is 19.1. The highest BCUT2D eigenvalue weighted by Crippen LogP contribution is 2.43. The first kappa shape index (κ1) is 44.7. The zero-order valence-corrected chi connectivity index (χ0v) is 36.7. The summed E-state index contributed by atoms with van der Waals surface area (Å²) in [5, 5.41) is 24.7. The second kappa shape index (κ2) is 18.7. The number of halogens is 2. The molecule has 16 nitrogen and oxygen atoms in total. The Balaban J connectivity index is 0.000000170. The number of carbonyl (C=O) groups excluding carboxylic acids is 2. The molecule has 2 aromatic heterocycles. The first-order chi connectivity index (χ1) is 33.0. The maximum absolute atomic E-state index is 15.0. The number of methoxy groups -OCH3 is 2. The summed E-state index contributed by atoms with van der Waals surface area (Å²) in [5.74, 6) is -2.09. The second-order valence-corrected chi connectivity index (χ2v) is 15.8. The van der Waals surface area contributed by atoms with Gasteiger partial charge in [0.25, 0.3) is 11.8 Å². The molecule has 0 aliphatic carbocycles. The minimum atomic E-state index is -0.698. The number of aromatic hydroxyl groups is 2. The Kier molecular flexibility index (Phi) is 12.3. The highest BCUT2D eigenvalue weighted by molar-refractivity contribution is 5.97. The smallest absolute Gasteiger partial charge is 0.278 e. The number of ether oxygens (including phenoxy) is 4. The molecule has 2 amide bonds. The molecule has 2 N–H and O–H groups in total. The lowest BCUT2D eigenvalue weighted by atomic mass is 9.95. The lowest BCUT2D eigenvalue weighted by Gasteiger charge is -2.44. The van der Waals surface area contributed by atoms with E-state index in [-0.39, 0.29) is 62.5 Å². The Hall–Kier alpha value is -8.54. The first-order valence-corrected chi connectivity index (χ1v) is 21.4. The van der Waals surface area contributed by atoms with E-state index in [0.717, 1.165) is 0 Å². The highest BCUT2D eigenvalue weighted by Gasteiger charge is 2.40. The number of benzene rings is 4. The van der Waals surface area contributed by atoms with Crippen LogP contribution in [-0.2, 0) is 0 Å². The van der Waals surface area contributed by atoms with Crippen molar-refractivity contribution in [3.63, 3.8) is 0 Å². The molecule has 6 heterocycles. The van der Waals surface area contributed by atoms with Gasteiger partial charge < -0.3 is 39.0 Å². The van der Waals surface area contributed by atoms with Crippen molar-refractivity contribution in [3.05, 3.63) is 199 Å². The number of carbonyl (C=O) groups is 2. The third kappa shape index (κ3) is 7.98. The van der Waals surface area contributed by atoms with Gasteiger partial charge in [-0.05, 0) is 36.4 Å². The number of hydrogen-bond acceptors (Lipinski definition) is 12. The molecule has 348 valence electrons. The molecule has 4 aliphatic rings. The van der Waals surface area contributed by atoms with Crippen LogP contribution >= 0.6 is 0 Å². The van der Waals surface area contributed by atoms with Crippen molar-refractivity contribution in [3.8, 4) is 34.5 Å². The molecule has 68 heavy (non-hydrogen) atoms. The van der Waals surface area contributed by atoms with Crippen LogP contribution in [0.25, 0.3) is 0 Å². The molecule has 4 aliphatic heterocycles. The van der Waals surface area contributed by atoms with Crippen LogP contribution in [0.2, 0.25) is 0 Å². The Morgan fingerprint density at radius 3 is 1.34 bits per heavy atom. The van der Waals surface area contributed by atoms with Crippen molar-refractivity contribution < 1.29 is 47.5 Å². The van der Waals surface area contributed by atoms with E-state index in [9.17, 15) is 29.4 Å². The molecule has 0 saturated carbocycles. The van der Waals surface area contributed by atoms with Crippen molar-refractivity contribution in [2.75, 3.05) is 63.9 Å². The van der Waals surface area contributed by atoms with Gasteiger partial charge in [0.05, 0.1) is 14.2 Å². The van der Waals surface area contributed by atoms with Crippen molar-refractivity contribution >= 4 is 11.8 Å². The summed E-state index contributed by atoms with van der Waals surface area (Å²) in [6.07, 6.45) is 9.73. The fourth-order valence-corrected chi connectivity index (χ4v) is 8.82. The van der Waals surface area contributed by atoms with Gasteiger partial charge >= 0.3 is 0 Å². The number of para-hydroxylation sites is 4. The van der Waals surface area contributed by atoms with Crippen molar-refractivity contribution in [1.82, 2.24) is 19.2 Å². The quantitative estimate of drug-likeness (QED) is 0.211. The number of pyridine rings is 2. The van der Waals surface area contributed by atoms with E-state index in [1.807, 2.05) is 36.4 Å². The minimum Gasteiger partial charge on any atom is -0.502 e. The van der Waals surface area contributed by atoms with E-state index in [2.05, 4.69) is 0 Å². The van der Waals surface area contributed by atoms with Gasteiger partial charge in [0.1, 0.15) is 50.1 Å². The van der Waals surface area contributed by atoms with E-state index >= 15 is 8.78 Å². The number of amides is 2. The molecule has 6 aromatic rings. The predicted molar refractivity (Wildman–Crippen MR) is 245 cm³/mol. The summed E-state index contributed by atoms with van der Waals surface area (Å²) < 4.78 is 55.9. The summed E-state index contributed by atoms with van der Waals surface area (Å²) >= 11 is 0. The molecule has 0 radical (unpaired) electrons. The third-order valence-corrected chi connectivity index (χ3v) is 12.0. The van der Waals surface area contributed by atoms with Crippen LogP contribution < -0.4 is 39.8 Å². The van der Waals surface area contributed by atoms with Crippen molar-refractivity contribution in [2.24, 2.45) is 0 Å². The van der Waals surface area contributed by atoms with Crippen molar-refractivity contribution in [2.45, 2.75) is 12.1 Å². The maximum Gasteiger partial charge on any atom is 0.278 e. The molecule has 2 atom stereocenters. The standard InChI is InChI=1S/2C25H22FN3O5/c2*1-33-20-10-3-2-7-16(20)21-17-8-6-9-18(26)24(17)34-14-5-4-12-27-15-29(21)28-13-11-19(30)23(31)22(28)25(27)32/h2*2-11,13,21,31H,12,14-15H2,1H3/b2*5-4-/t2*21-/m10/s1. The number of hydrogen-bond donors (Lipinski definition) is 2. The molecular formula is C50H44F2N6O10. The van der Waals surface area contributed by atoms with Gasteiger partial charge in [-0.15, -0.1) is 0 Å². The molecule has 0 unspecified atom stereocenters. The summed E-state index contributed by atoms with van der Waals surface area (Å²) in [6.45, 7) is 0.807. The van der Waals surface area contributed by atoms with Gasteiger partial charge in [-0.2, -0.15) is 0 Å². The monoisotopic (exact) mass is 926 g/mol. The lowest BCUT2D eigenvalue weighted by molar-refractivity contribution is 0.0693. The second-order valence-electron chi connectivity index (χ2n) is 15.8. The zero-order valence-electron chi connectivity index (χ0n) is 36.7. The molecule has 0 spiro atoms. The first-order valence-electron chi connectivity index (χ1n) is 21.4. The summed E-state index contributed by atoms with van der Waals surface area (Å²) in [4.78, 5) is 53.9. The van der Waals surface area contributed by atoms with Gasteiger partial charge in [0.2, 0.25) is 10.9 Å². The lowest BCUT2D eigenvalue weighted by Crippen LogP contribution is -2.55. The minimum absolute atomic E-state index is 0.0697. The van der Waals surface area contributed by atoms with Crippen LogP contribution in [0.1, 0.15) is 55.3 Å². The predicted octanol–water partition coefficient (Wildman–Crippen LogP) is 5.58. The number of nitrogens with zero attached hydrogens (tertiary/aromatic N) is 6. The number of fused-ring (bicyclic) bond motifs is 10. The van der Waals surface area contributed by atoms with Crippen LogP contribution in [0.3, 0.4) is 0 Å². The fraction of sp³-hybridized carbons (Fsp3) is 0.200. The molecular weight excluding hydrogens is 883 g/mol. The Morgan fingerprint density at radius 2 is 0.926 bits per heavy atom. The number of rotatable bonds is 4. The van der Waals surface area contributed by atoms with Gasteiger partial charge in [0, 0.05) is 59.9 Å². The Labute approximate surface area is 387 Å². The van der Waals surface area contributed by atoms with Crippen LogP contribution in [0.4, 0.5) is 8.78 Å². The van der Waals surface area contributed by atoms with E-state index < -0.39 is 57.9 Å². The van der Waals surface area contributed by atoms with E-state index in [0.29, 0.717) is 33.8 Å². The third-order valence-electron chi connectivity index (χ3n) is 12.0. The van der Waals surface area contributed by atoms with E-state index in [4.69, 9.17) is 18.9 Å². The molecule has 10 rings (SSSR count). The summed E-state index contributed by atoms with van der Waals surface area (Å²) in [7, 11) is 3.08. The SMILES string of the molecule is COc1ccccc1[C@@H]1c2cccc(F)c2OC/C=C\CN2CN1n1ccc(=O)c(O)c1C2=O.COc1ccccc1[C@H]1c2cccc(F)c2OC/C=C\CN2CN1n1ccc(=O)c(O)c1C2=O. The molecule has 0 saturated heterocycles. The van der Waals surface area contributed by atoms with Crippen LogP contribution in [0.15, 0.2) is 143 Å². The number of aromatic nitrogens is 2. The van der Waals surface area contributed by atoms with Gasteiger partial charge in [0.15, 0.2) is 46.0 Å². The Bertz CT molecular complexity index is 2910. The van der Waals surface area contributed by atoms with E-state index in [1.165, 1.54) is 55.8 Å².